The van der Waals surface area contributed by atoms with Crippen molar-refractivity contribution in [3.63, 3.8) is 0 Å². The summed E-state index contributed by atoms with van der Waals surface area (Å²) in [5.41, 5.74) is 1.96. The molecule has 0 aromatic heterocycles. The fraction of sp³-hybridized carbons (Fsp3) is 0.0769. The van der Waals surface area contributed by atoms with Crippen LogP contribution in [0.5, 0.6) is 0 Å². The van der Waals surface area contributed by atoms with Crippen molar-refractivity contribution in [3.8, 4) is 11.1 Å². The standard InChI is InChI=1S/C13H9Cl2F/c1-8-2-4-10(13(16)6-8)11-7-9(14)3-5-12(11)15/h2-7H,1H3. The molecule has 3 heteroatoms. The summed E-state index contributed by atoms with van der Waals surface area (Å²) in [4.78, 5) is 0. The molecule has 0 aliphatic carbocycles. The molecule has 0 nitrogen and oxygen atoms in total. The molecular weight excluding hydrogens is 246 g/mol. The first-order valence-electron chi connectivity index (χ1n) is 4.79. The van der Waals surface area contributed by atoms with Gasteiger partial charge in [0.25, 0.3) is 0 Å². The number of hydrogen-bond acceptors (Lipinski definition) is 0. The lowest BCUT2D eigenvalue weighted by Crippen LogP contribution is -1.86. The average Bonchev–Trinajstić information content (AvgIpc) is 2.22. The molecule has 0 bridgehead atoms. The average molecular weight is 255 g/mol. The number of rotatable bonds is 1. The summed E-state index contributed by atoms with van der Waals surface area (Å²) < 4.78 is 13.7. The third kappa shape index (κ3) is 2.21. The van der Waals surface area contributed by atoms with Gasteiger partial charge in [0.15, 0.2) is 0 Å². The van der Waals surface area contributed by atoms with Gasteiger partial charge in [0.2, 0.25) is 0 Å². The highest BCUT2D eigenvalue weighted by molar-refractivity contribution is 6.35. The third-order valence-corrected chi connectivity index (χ3v) is 2.91. The van der Waals surface area contributed by atoms with Gasteiger partial charge in [-0.25, -0.2) is 4.39 Å². The second-order valence-corrected chi connectivity index (χ2v) is 4.45. The highest BCUT2D eigenvalue weighted by atomic mass is 35.5. The van der Waals surface area contributed by atoms with E-state index >= 15 is 0 Å². The van der Waals surface area contributed by atoms with Crippen molar-refractivity contribution < 1.29 is 4.39 Å². The van der Waals surface area contributed by atoms with E-state index in [1.165, 1.54) is 6.07 Å². The summed E-state index contributed by atoms with van der Waals surface area (Å²) in [7, 11) is 0. The Balaban J connectivity index is 2.62. The normalized spacial score (nSPS) is 10.5. The lowest BCUT2D eigenvalue weighted by molar-refractivity contribution is 0.630. The van der Waals surface area contributed by atoms with Crippen molar-refractivity contribution in [2.24, 2.45) is 0 Å². The second kappa shape index (κ2) is 4.44. The molecule has 0 radical (unpaired) electrons. The van der Waals surface area contributed by atoms with Crippen molar-refractivity contribution in [1.82, 2.24) is 0 Å². The predicted octanol–water partition coefficient (Wildman–Crippen LogP) is 5.11. The van der Waals surface area contributed by atoms with Crippen molar-refractivity contribution in [2.45, 2.75) is 6.92 Å². The van der Waals surface area contributed by atoms with Gasteiger partial charge in [-0.15, -0.1) is 0 Å². The highest BCUT2D eigenvalue weighted by Gasteiger charge is 2.09. The SMILES string of the molecule is Cc1ccc(-c2cc(Cl)ccc2Cl)c(F)c1. The molecule has 0 fully saturated rings. The molecule has 2 aromatic rings. The molecule has 0 N–H and O–H groups in total. The lowest BCUT2D eigenvalue weighted by atomic mass is 10.0. The van der Waals surface area contributed by atoms with Gasteiger partial charge < -0.3 is 0 Å². The van der Waals surface area contributed by atoms with Gasteiger partial charge >= 0.3 is 0 Å². The van der Waals surface area contributed by atoms with Crippen LogP contribution < -0.4 is 0 Å². The Morgan fingerprint density at radius 3 is 2.38 bits per heavy atom. The van der Waals surface area contributed by atoms with Crippen LogP contribution in [0, 0.1) is 12.7 Å². The first-order chi connectivity index (χ1) is 7.58. The van der Waals surface area contributed by atoms with Crippen molar-refractivity contribution >= 4 is 23.2 Å². The van der Waals surface area contributed by atoms with Crippen LogP contribution in [-0.2, 0) is 0 Å². The second-order valence-electron chi connectivity index (χ2n) is 3.61. The first kappa shape index (κ1) is 11.4. The summed E-state index contributed by atoms with van der Waals surface area (Å²) in [6, 6.07) is 10.0. The van der Waals surface area contributed by atoms with E-state index in [0.29, 0.717) is 21.2 Å². The van der Waals surface area contributed by atoms with Crippen molar-refractivity contribution in [2.75, 3.05) is 0 Å². The van der Waals surface area contributed by atoms with Gasteiger partial charge in [-0.1, -0.05) is 35.3 Å². The monoisotopic (exact) mass is 254 g/mol. The summed E-state index contributed by atoms with van der Waals surface area (Å²) in [5.74, 6) is -0.288. The van der Waals surface area contributed by atoms with Gasteiger partial charge in [-0.3, -0.25) is 0 Å². The van der Waals surface area contributed by atoms with Crippen LogP contribution in [0.3, 0.4) is 0 Å². The molecule has 0 saturated heterocycles. The minimum absolute atomic E-state index is 0.288. The molecule has 0 saturated carbocycles. The van der Waals surface area contributed by atoms with Crippen LogP contribution in [-0.4, -0.2) is 0 Å². The van der Waals surface area contributed by atoms with Gasteiger partial charge in [0.05, 0.1) is 0 Å². The zero-order chi connectivity index (χ0) is 11.7. The summed E-state index contributed by atoms with van der Waals surface area (Å²) in [6.45, 7) is 1.84. The van der Waals surface area contributed by atoms with Gasteiger partial charge in [-0.05, 0) is 36.8 Å². The van der Waals surface area contributed by atoms with Gasteiger partial charge in [0, 0.05) is 21.2 Å². The van der Waals surface area contributed by atoms with E-state index < -0.39 is 0 Å². The molecule has 82 valence electrons. The fourth-order valence-corrected chi connectivity index (χ4v) is 1.93. The molecule has 0 heterocycles. The minimum Gasteiger partial charge on any atom is -0.206 e. The van der Waals surface area contributed by atoms with Crippen LogP contribution >= 0.6 is 23.2 Å². The Kier molecular flexibility index (Phi) is 3.17. The van der Waals surface area contributed by atoms with Crippen molar-refractivity contribution in [3.05, 3.63) is 57.8 Å². The number of halogens is 3. The smallest absolute Gasteiger partial charge is 0.131 e. The Morgan fingerprint density at radius 2 is 1.69 bits per heavy atom. The Labute approximate surface area is 104 Å². The Morgan fingerprint density at radius 1 is 0.938 bits per heavy atom. The summed E-state index contributed by atoms with van der Waals surface area (Å²) in [5, 5.41) is 1.03. The zero-order valence-electron chi connectivity index (χ0n) is 8.60. The molecule has 0 aliphatic rings. The van der Waals surface area contributed by atoms with Crippen LogP contribution in [0.2, 0.25) is 10.0 Å². The minimum atomic E-state index is -0.288. The molecule has 2 aromatic carbocycles. The maximum Gasteiger partial charge on any atom is 0.131 e. The summed E-state index contributed by atoms with van der Waals surface area (Å²) >= 11 is 11.9. The van der Waals surface area contributed by atoms with Crippen LogP contribution in [0.15, 0.2) is 36.4 Å². The zero-order valence-corrected chi connectivity index (χ0v) is 10.1. The van der Waals surface area contributed by atoms with Crippen LogP contribution in [0.25, 0.3) is 11.1 Å². The first-order valence-corrected chi connectivity index (χ1v) is 5.55. The largest absolute Gasteiger partial charge is 0.206 e. The van der Waals surface area contributed by atoms with E-state index in [1.807, 2.05) is 13.0 Å². The molecule has 0 atom stereocenters. The third-order valence-electron chi connectivity index (χ3n) is 2.34. The van der Waals surface area contributed by atoms with E-state index in [0.717, 1.165) is 5.56 Å². The van der Waals surface area contributed by atoms with Crippen molar-refractivity contribution in [1.29, 1.82) is 0 Å². The number of aryl methyl sites for hydroxylation is 1. The van der Waals surface area contributed by atoms with E-state index in [9.17, 15) is 4.39 Å². The topological polar surface area (TPSA) is 0 Å². The molecule has 2 rings (SSSR count). The molecule has 0 amide bonds. The van der Waals surface area contributed by atoms with Crippen LogP contribution in [0.1, 0.15) is 5.56 Å². The number of hydrogen-bond donors (Lipinski definition) is 0. The lowest BCUT2D eigenvalue weighted by Gasteiger charge is -2.07. The summed E-state index contributed by atoms with van der Waals surface area (Å²) in [6.07, 6.45) is 0. The van der Waals surface area contributed by atoms with Gasteiger partial charge in [0.1, 0.15) is 5.82 Å². The van der Waals surface area contributed by atoms with E-state index in [-0.39, 0.29) is 5.82 Å². The molecular formula is C13H9Cl2F. The Hall–Kier alpha value is -1.05. The maximum atomic E-state index is 13.7. The molecule has 0 spiro atoms. The molecule has 0 aliphatic heterocycles. The van der Waals surface area contributed by atoms with E-state index in [4.69, 9.17) is 23.2 Å². The maximum absolute atomic E-state index is 13.7. The quantitative estimate of drug-likeness (QED) is 0.664. The predicted molar refractivity (Wildman–Crippen MR) is 66.6 cm³/mol. The molecule has 0 unspecified atom stereocenters. The molecule has 16 heavy (non-hydrogen) atoms. The van der Waals surface area contributed by atoms with Gasteiger partial charge in [-0.2, -0.15) is 0 Å². The number of benzene rings is 2. The van der Waals surface area contributed by atoms with E-state index in [1.54, 1.807) is 24.3 Å². The fourth-order valence-electron chi connectivity index (χ4n) is 1.54. The van der Waals surface area contributed by atoms with Crippen LogP contribution in [0.4, 0.5) is 4.39 Å². The highest BCUT2D eigenvalue weighted by Crippen LogP contribution is 2.32. The Bertz CT molecular complexity index is 535. The van der Waals surface area contributed by atoms with E-state index in [2.05, 4.69) is 0 Å².